The van der Waals surface area contributed by atoms with Gasteiger partial charge in [-0.15, -0.1) is 0 Å². The number of ether oxygens (including phenoxy) is 1. The van der Waals surface area contributed by atoms with E-state index in [4.69, 9.17) is 21.6 Å². The number of esters is 1. The van der Waals surface area contributed by atoms with Gasteiger partial charge in [-0.05, 0) is 31.2 Å². The van der Waals surface area contributed by atoms with Crippen LogP contribution in [-0.2, 0) is 14.3 Å². The number of halogens is 1. The number of nitriles is 1. The molecular weight excluding hydrogens is 440 g/mol. The van der Waals surface area contributed by atoms with Crippen molar-refractivity contribution >= 4 is 40.8 Å². The largest absolute Gasteiger partial charge is 0.454 e. The second kappa shape index (κ2) is 11.4. The second-order valence-electron chi connectivity index (χ2n) is 6.54. The van der Waals surface area contributed by atoms with Crippen molar-refractivity contribution in [3.8, 4) is 6.07 Å². The van der Waals surface area contributed by atoms with Gasteiger partial charge in [0.1, 0.15) is 6.04 Å². The third kappa shape index (κ3) is 6.78. The number of anilines is 1. The lowest BCUT2D eigenvalue weighted by Gasteiger charge is -2.22. The molecule has 1 unspecified atom stereocenters. The number of carbonyl (C=O) groups is 3. The summed E-state index contributed by atoms with van der Waals surface area (Å²) in [6.45, 7) is 0.812. The topological polar surface area (TPSA) is 143 Å². The Kier molecular flexibility index (Phi) is 8.68. The molecule has 0 saturated carbocycles. The zero-order chi connectivity index (χ0) is 23.7. The first-order valence-electron chi connectivity index (χ1n) is 9.37. The van der Waals surface area contributed by atoms with Crippen LogP contribution in [0.15, 0.2) is 48.5 Å². The summed E-state index contributed by atoms with van der Waals surface area (Å²) in [6.07, 6.45) is 0.0574. The van der Waals surface area contributed by atoms with Crippen molar-refractivity contribution in [3.05, 3.63) is 69.2 Å². The van der Waals surface area contributed by atoms with E-state index >= 15 is 0 Å². The summed E-state index contributed by atoms with van der Waals surface area (Å²) in [5.41, 5.74) is 0.177. The maximum Gasteiger partial charge on any atom is 0.328 e. The van der Waals surface area contributed by atoms with Gasteiger partial charge in [0, 0.05) is 35.0 Å². The molecule has 2 amide bonds. The van der Waals surface area contributed by atoms with Crippen molar-refractivity contribution in [2.75, 3.05) is 18.1 Å². The molecule has 2 aromatic rings. The van der Waals surface area contributed by atoms with Gasteiger partial charge < -0.3 is 15.0 Å². The minimum Gasteiger partial charge on any atom is -0.454 e. The number of benzene rings is 2. The molecule has 0 heterocycles. The minimum atomic E-state index is -1.12. The molecule has 0 aromatic heterocycles. The van der Waals surface area contributed by atoms with Crippen LogP contribution < -0.4 is 10.2 Å². The van der Waals surface area contributed by atoms with E-state index in [1.54, 1.807) is 24.3 Å². The van der Waals surface area contributed by atoms with Crippen molar-refractivity contribution in [2.45, 2.75) is 19.4 Å². The summed E-state index contributed by atoms with van der Waals surface area (Å²) in [5.74, 6) is -2.16. The molecule has 0 aliphatic carbocycles. The molecular formula is C21H19ClN4O6. The van der Waals surface area contributed by atoms with Crippen LogP contribution in [0.25, 0.3) is 0 Å². The van der Waals surface area contributed by atoms with Crippen LogP contribution in [0.1, 0.15) is 23.7 Å². The van der Waals surface area contributed by atoms with Gasteiger partial charge in [-0.1, -0.05) is 23.7 Å². The highest BCUT2D eigenvalue weighted by Crippen LogP contribution is 2.20. The lowest BCUT2D eigenvalue weighted by Crippen LogP contribution is -2.42. The Morgan fingerprint density at radius 2 is 1.97 bits per heavy atom. The summed E-state index contributed by atoms with van der Waals surface area (Å²) < 4.78 is 5.01. The number of nitrogens with zero attached hydrogens (tertiary/aromatic N) is 3. The van der Waals surface area contributed by atoms with Crippen LogP contribution in [-0.4, -0.2) is 41.9 Å². The van der Waals surface area contributed by atoms with E-state index in [0.717, 1.165) is 6.07 Å². The lowest BCUT2D eigenvalue weighted by molar-refractivity contribution is -0.384. The first-order chi connectivity index (χ1) is 15.2. The van der Waals surface area contributed by atoms with Crippen LogP contribution in [0.2, 0.25) is 5.02 Å². The summed E-state index contributed by atoms with van der Waals surface area (Å²) in [6, 6.07) is 12.3. The third-order valence-corrected chi connectivity index (χ3v) is 4.46. The summed E-state index contributed by atoms with van der Waals surface area (Å²) >= 11 is 5.96. The van der Waals surface area contributed by atoms with Crippen LogP contribution in [0, 0.1) is 21.4 Å². The SMILES string of the molecule is CC(NC(=O)c1cccc([N+](=O)[O-])c1)C(=O)OCC(=O)N(CCC#N)c1cccc(Cl)c1. The normalized spacial score (nSPS) is 11.0. The Balaban J connectivity index is 1.98. The lowest BCUT2D eigenvalue weighted by atomic mass is 10.2. The van der Waals surface area contributed by atoms with E-state index in [0.29, 0.717) is 10.7 Å². The fourth-order valence-electron chi connectivity index (χ4n) is 2.64. The molecule has 0 bridgehead atoms. The minimum absolute atomic E-state index is 0.00133. The highest BCUT2D eigenvalue weighted by Gasteiger charge is 2.22. The van der Waals surface area contributed by atoms with Crippen molar-refractivity contribution in [3.63, 3.8) is 0 Å². The molecule has 0 fully saturated rings. The number of nitro benzene ring substituents is 1. The van der Waals surface area contributed by atoms with Gasteiger partial charge in [-0.3, -0.25) is 19.7 Å². The van der Waals surface area contributed by atoms with Crippen LogP contribution in [0.5, 0.6) is 0 Å². The average Bonchev–Trinajstić information content (AvgIpc) is 2.77. The van der Waals surface area contributed by atoms with E-state index in [9.17, 15) is 24.5 Å². The van der Waals surface area contributed by atoms with Gasteiger partial charge in [0.2, 0.25) is 0 Å². The zero-order valence-electron chi connectivity index (χ0n) is 17.0. The summed E-state index contributed by atoms with van der Waals surface area (Å²) in [4.78, 5) is 48.5. The Labute approximate surface area is 188 Å². The molecule has 32 heavy (non-hydrogen) atoms. The Morgan fingerprint density at radius 3 is 2.62 bits per heavy atom. The zero-order valence-corrected chi connectivity index (χ0v) is 17.7. The van der Waals surface area contributed by atoms with Crippen LogP contribution in [0.4, 0.5) is 11.4 Å². The van der Waals surface area contributed by atoms with E-state index < -0.39 is 35.4 Å². The molecule has 2 rings (SSSR count). The van der Waals surface area contributed by atoms with E-state index in [1.807, 2.05) is 6.07 Å². The molecule has 166 valence electrons. The summed E-state index contributed by atoms with van der Waals surface area (Å²) in [7, 11) is 0. The van der Waals surface area contributed by atoms with Gasteiger partial charge in [-0.25, -0.2) is 4.79 Å². The molecule has 2 aromatic carbocycles. The van der Waals surface area contributed by atoms with Crippen molar-refractivity contribution in [1.29, 1.82) is 5.26 Å². The Morgan fingerprint density at radius 1 is 1.25 bits per heavy atom. The Hall–Kier alpha value is -3.97. The van der Waals surface area contributed by atoms with Crippen LogP contribution in [0.3, 0.4) is 0 Å². The number of nitro groups is 1. The van der Waals surface area contributed by atoms with Gasteiger partial charge in [-0.2, -0.15) is 5.26 Å². The fourth-order valence-corrected chi connectivity index (χ4v) is 2.82. The monoisotopic (exact) mass is 458 g/mol. The first-order valence-corrected chi connectivity index (χ1v) is 9.75. The highest BCUT2D eigenvalue weighted by molar-refractivity contribution is 6.30. The highest BCUT2D eigenvalue weighted by atomic mass is 35.5. The van der Waals surface area contributed by atoms with E-state index in [-0.39, 0.29) is 24.2 Å². The fraction of sp³-hybridized carbons (Fsp3) is 0.238. The standard InChI is InChI=1S/C21H19ClN4O6/c1-14(24-20(28)15-5-2-8-18(11-15)26(30)31)21(29)32-13-19(27)25(10-4-9-23)17-7-3-6-16(22)12-17/h2-3,5-8,11-12,14H,4,10,13H2,1H3,(H,24,28). The van der Waals surface area contributed by atoms with Crippen LogP contribution >= 0.6 is 11.6 Å². The quantitative estimate of drug-likeness (QED) is 0.345. The predicted octanol–water partition coefficient (Wildman–Crippen LogP) is 2.86. The Bertz CT molecular complexity index is 1070. The number of nitrogens with one attached hydrogen (secondary N) is 1. The van der Waals surface area contributed by atoms with Crippen molar-refractivity contribution in [2.24, 2.45) is 0 Å². The molecule has 1 atom stereocenters. The predicted molar refractivity (Wildman–Crippen MR) is 115 cm³/mol. The summed E-state index contributed by atoms with van der Waals surface area (Å²) in [5, 5.41) is 22.4. The number of non-ortho nitro benzene ring substituents is 1. The molecule has 0 radical (unpaired) electrons. The molecule has 0 aliphatic rings. The molecule has 0 aliphatic heterocycles. The number of hydrogen-bond acceptors (Lipinski definition) is 7. The van der Waals surface area contributed by atoms with Gasteiger partial charge in [0.15, 0.2) is 6.61 Å². The van der Waals surface area contributed by atoms with Gasteiger partial charge >= 0.3 is 5.97 Å². The molecule has 11 heteroatoms. The van der Waals surface area contributed by atoms with Crippen molar-refractivity contribution < 1.29 is 24.0 Å². The number of carbonyl (C=O) groups excluding carboxylic acids is 3. The van der Waals surface area contributed by atoms with Gasteiger partial charge in [0.05, 0.1) is 17.4 Å². The first kappa shape index (κ1) is 24.3. The van der Waals surface area contributed by atoms with E-state index in [1.165, 1.54) is 30.0 Å². The third-order valence-electron chi connectivity index (χ3n) is 4.23. The molecule has 10 nitrogen and oxygen atoms in total. The number of hydrogen-bond donors (Lipinski definition) is 1. The van der Waals surface area contributed by atoms with Crippen molar-refractivity contribution in [1.82, 2.24) is 5.32 Å². The molecule has 0 saturated heterocycles. The average molecular weight is 459 g/mol. The molecule has 0 spiro atoms. The maximum atomic E-state index is 12.6. The smallest absolute Gasteiger partial charge is 0.328 e. The second-order valence-corrected chi connectivity index (χ2v) is 6.98. The number of amides is 2. The van der Waals surface area contributed by atoms with E-state index in [2.05, 4.69) is 5.32 Å². The van der Waals surface area contributed by atoms with Gasteiger partial charge in [0.25, 0.3) is 17.5 Å². The molecule has 1 N–H and O–H groups in total. The number of rotatable bonds is 9. The maximum absolute atomic E-state index is 12.6.